The lowest BCUT2D eigenvalue weighted by atomic mass is 9.89. The van der Waals surface area contributed by atoms with Gasteiger partial charge in [-0.3, -0.25) is 14.4 Å². The van der Waals surface area contributed by atoms with Gasteiger partial charge in [0.25, 0.3) is 5.91 Å². The fraction of sp³-hybridized carbons (Fsp3) is 0.394. The summed E-state index contributed by atoms with van der Waals surface area (Å²) in [5.41, 5.74) is 16.3. The Labute approximate surface area is 258 Å². The van der Waals surface area contributed by atoms with Crippen LogP contribution in [0.3, 0.4) is 0 Å². The van der Waals surface area contributed by atoms with Crippen LogP contribution in [0, 0.1) is 5.92 Å². The molecule has 11 heteroatoms. The third-order valence-corrected chi connectivity index (χ3v) is 7.98. The second kappa shape index (κ2) is 14.7. The number of aliphatic hydroxyl groups is 2. The number of carbonyl (C=O) groups is 2. The molecule has 236 valence electrons. The van der Waals surface area contributed by atoms with Gasteiger partial charge in [-0.1, -0.05) is 48.5 Å². The second-order valence-corrected chi connectivity index (χ2v) is 11.3. The Hall–Kier alpha value is -4.00. The zero-order valence-electron chi connectivity index (χ0n) is 25.6. The van der Waals surface area contributed by atoms with Crippen molar-refractivity contribution < 1.29 is 29.4 Å². The number of carbonyl (C=O) groups excluding carboxylic acids is 2. The van der Waals surface area contributed by atoms with E-state index in [1.54, 1.807) is 14.0 Å². The number of hydrogen-bond acceptors (Lipinski definition) is 9. The van der Waals surface area contributed by atoms with Crippen molar-refractivity contribution in [2.24, 2.45) is 17.4 Å². The summed E-state index contributed by atoms with van der Waals surface area (Å²) < 4.78 is 5.89. The molecule has 1 heterocycles. The predicted molar refractivity (Wildman–Crippen MR) is 169 cm³/mol. The number of primary amides is 1. The lowest BCUT2D eigenvalue weighted by molar-refractivity contribution is -0.181. The molecule has 1 aliphatic rings. The van der Waals surface area contributed by atoms with Gasteiger partial charge in [0, 0.05) is 55.0 Å². The van der Waals surface area contributed by atoms with E-state index in [0.717, 1.165) is 22.4 Å². The molecule has 0 aliphatic carbocycles. The zero-order valence-corrected chi connectivity index (χ0v) is 25.6. The standard InChI is InChI=1S/C33H43N5O6/c1-20(40)29-28(19-39)44-38(30(29)32(35)41)18-22-11-8-12-27(31(22)43-4)23-14-24(16-26(15-23)37(2)3)33(42)36-25(17-34)13-21-9-6-5-7-10-21/h5-12,14-16,20,25,28-30,39-40H,13,17-19,34H2,1-4H3,(H2,35,41)(H,36,42)/t20-,25-,28-,29+,30-/m0/s1. The van der Waals surface area contributed by atoms with Crippen LogP contribution in [0.5, 0.6) is 5.75 Å². The first-order chi connectivity index (χ1) is 21.1. The number of benzene rings is 3. The molecule has 0 unspecified atom stereocenters. The van der Waals surface area contributed by atoms with E-state index in [9.17, 15) is 19.8 Å². The number of methoxy groups -OCH3 is 1. The zero-order chi connectivity index (χ0) is 32.0. The molecule has 0 bridgehead atoms. The van der Waals surface area contributed by atoms with Gasteiger partial charge in [0.2, 0.25) is 5.91 Å². The molecular formula is C33H43N5O6. The Morgan fingerprint density at radius 2 is 1.84 bits per heavy atom. The van der Waals surface area contributed by atoms with Crippen LogP contribution in [-0.2, 0) is 22.6 Å². The van der Waals surface area contributed by atoms with Crippen LogP contribution in [0.25, 0.3) is 11.1 Å². The normalized spacial score (nSPS) is 19.8. The molecule has 0 aromatic heterocycles. The van der Waals surface area contributed by atoms with E-state index in [2.05, 4.69) is 5.32 Å². The van der Waals surface area contributed by atoms with Gasteiger partial charge in [0.1, 0.15) is 17.9 Å². The first-order valence-electron chi connectivity index (χ1n) is 14.6. The minimum atomic E-state index is -0.959. The fourth-order valence-corrected chi connectivity index (χ4v) is 5.76. The molecule has 5 atom stereocenters. The first kappa shape index (κ1) is 32.9. The third-order valence-electron chi connectivity index (χ3n) is 7.98. The van der Waals surface area contributed by atoms with E-state index in [-0.39, 0.29) is 31.6 Å². The number of amides is 2. The number of hydroxylamine groups is 2. The van der Waals surface area contributed by atoms with Gasteiger partial charge < -0.3 is 36.6 Å². The third kappa shape index (κ3) is 7.37. The summed E-state index contributed by atoms with van der Waals surface area (Å²) in [7, 11) is 5.35. The Balaban J connectivity index is 1.67. The number of ether oxygens (including phenoxy) is 1. The minimum Gasteiger partial charge on any atom is -0.496 e. The quantitative estimate of drug-likeness (QED) is 0.195. The lowest BCUT2D eigenvalue weighted by Crippen LogP contribution is -2.47. The number of anilines is 1. The first-order valence-corrected chi connectivity index (χ1v) is 14.6. The van der Waals surface area contributed by atoms with Crippen molar-refractivity contribution in [1.29, 1.82) is 0 Å². The number of nitrogens with one attached hydrogen (secondary N) is 1. The molecule has 1 saturated heterocycles. The van der Waals surface area contributed by atoms with Gasteiger partial charge in [-0.05, 0) is 42.7 Å². The summed E-state index contributed by atoms with van der Waals surface area (Å²) in [6, 6.07) is 19.8. The van der Waals surface area contributed by atoms with E-state index in [0.29, 0.717) is 23.3 Å². The number of aliphatic hydroxyl groups excluding tert-OH is 2. The van der Waals surface area contributed by atoms with Crippen molar-refractivity contribution in [3.63, 3.8) is 0 Å². The molecule has 4 rings (SSSR count). The Kier molecular flexibility index (Phi) is 11.0. The predicted octanol–water partition coefficient (Wildman–Crippen LogP) is 1.69. The molecule has 0 spiro atoms. The van der Waals surface area contributed by atoms with Crippen LogP contribution in [0.4, 0.5) is 5.69 Å². The maximum absolute atomic E-state index is 13.5. The molecule has 0 radical (unpaired) electrons. The van der Waals surface area contributed by atoms with E-state index in [1.807, 2.05) is 85.7 Å². The number of nitrogens with zero attached hydrogens (tertiary/aromatic N) is 2. The van der Waals surface area contributed by atoms with Crippen LogP contribution in [-0.4, -0.2) is 85.7 Å². The van der Waals surface area contributed by atoms with Crippen molar-refractivity contribution in [2.45, 2.75) is 44.2 Å². The van der Waals surface area contributed by atoms with Crippen LogP contribution in [0.1, 0.15) is 28.4 Å². The van der Waals surface area contributed by atoms with Crippen molar-refractivity contribution in [3.05, 3.63) is 83.4 Å². The smallest absolute Gasteiger partial charge is 0.251 e. The molecule has 1 aliphatic heterocycles. The topological polar surface area (TPSA) is 164 Å². The molecule has 7 N–H and O–H groups in total. The van der Waals surface area contributed by atoms with Gasteiger partial charge in [-0.15, -0.1) is 0 Å². The van der Waals surface area contributed by atoms with Gasteiger partial charge in [-0.25, -0.2) is 0 Å². The van der Waals surface area contributed by atoms with Crippen LogP contribution in [0.2, 0.25) is 0 Å². The van der Waals surface area contributed by atoms with Gasteiger partial charge in [0.15, 0.2) is 0 Å². The highest BCUT2D eigenvalue weighted by Crippen LogP contribution is 2.38. The van der Waals surface area contributed by atoms with E-state index in [4.69, 9.17) is 21.0 Å². The highest BCUT2D eigenvalue weighted by molar-refractivity contribution is 5.97. The molecule has 2 amide bonds. The molecule has 1 fully saturated rings. The average Bonchev–Trinajstić information content (AvgIpc) is 3.39. The van der Waals surface area contributed by atoms with Crippen molar-refractivity contribution in [2.75, 3.05) is 39.3 Å². The SMILES string of the molecule is COc1c(CN2O[C@@H](CO)[C@@H]([C@H](C)O)[C@H]2C(N)=O)cccc1-c1cc(C(=O)N[C@H](CN)Cc2ccccc2)cc(N(C)C)c1. The molecule has 11 nitrogen and oxygen atoms in total. The largest absolute Gasteiger partial charge is 0.496 e. The molecular weight excluding hydrogens is 562 g/mol. The average molecular weight is 606 g/mol. The number of para-hydroxylation sites is 1. The highest BCUT2D eigenvalue weighted by Gasteiger charge is 2.48. The van der Waals surface area contributed by atoms with Crippen LogP contribution < -0.4 is 26.4 Å². The summed E-state index contributed by atoms with van der Waals surface area (Å²) in [4.78, 5) is 33.8. The Morgan fingerprint density at radius 1 is 1.11 bits per heavy atom. The van der Waals surface area contributed by atoms with E-state index >= 15 is 0 Å². The fourth-order valence-electron chi connectivity index (χ4n) is 5.76. The van der Waals surface area contributed by atoms with E-state index < -0.39 is 30.1 Å². The summed E-state index contributed by atoms with van der Waals surface area (Å²) in [6.45, 7) is 1.54. The van der Waals surface area contributed by atoms with Crippen LogP contribution in [0.15, 0.2) is 66.7 Å². The minimum absolute atomic E-state index is 0.0999. The molecule has 3 aromatic carbocycles. The Bertz CT molecular complexity index is 1430. The molecule has 3 aromatic rings. The molecule has 0 saturated carbocycles. The monoisotopic (exact) mass is 605 g/mol. The second-order valence-electron chi connectivity index (χ2n) is 11.3. The summed E-state index contributed by atoms with van der Waals surface area (Å²) >= 11 is 0. The summed E-state index contributed by atoms with van der Waals surface area (Å²) in [5, 5.41) is 24.7. The summed E-state index contributed by atoms with van der Waals surface area (Å²) in [5.74, 6) is -1.10. The van der Waals surface area contributed by atoms with Crippen LogP contribution >= 0.6 is 0 Å². The number of nitrogens with two attached hydrogens (primary N) is 2. The Morgan fingerprint density at radius 3 is 2.43 bits per heavy atom. The number of hydrogen-bond donors (Lipinski definition) is 5. The number of rotatable bonds is 13. The van der Waals surface area contributed by atoms with Gasteiger partial charge in [0.05, 0.1) is 26.4 Å². The maximum Gasteiger partial charge on any atom is 0.251 e. The van der Waals surface area contributed by atoms with Gasteiger partial charge in [-0.2, -0.15) is 5.06 Å². The van der Waals surface area contributed by atoms with Crippen molar-refractivity contribution >= 4 is 17.5 Å². The van der Waals surface area contributed by atoms with Crippen molar-refractivity contribution in [1.82, 2.24) is 10.4 Å². The lowest BCUT2D eigenvalue weighted by Gasteiger charge is -2.25. The van der Waals surface area contributed by atoms with E-state index in [1.165, 1.54) is 5.06 Å². The van der Waals surface area contributed by atoms with Gasteiger partial charge >= 0.3 is 0 Å². The van der Waals surface area contributed by atoms with Crippen molar-refractivity contribution in [3.8, 4) is 16.9 Å². The molecule has 44 heavy (non-hydrogen) atoms. The maximum atomic E-state index is 13.5. The summed E-state index contributed by atoms with van der Waals surface area (Å²) in [6.07, 6.45) is -1.12. The highest BCUT2D eigenvalue weighted by atomic mass is 16.7.